The van der Waals surface area contributed by atoms with Crippen LogP contribution in [0.1, 0.15) is 22.8 Å². The molecule has 0 saturated carbocycles. The minimum absolute atomic E-state index is 0.205. The number of rotatable bonds is 9. The molecule has 1 unspecified atom stereocenters. The third kappa shape index (κ3) is 7.17. The molecule has 0 spiro atoms. The number of hydrogen-bond donors (Lipinski definition) is 2. The van der Waals surface area contributed by atoms with Crippen molar-refractivity contribution in [3.63, 3.8) is 0 Å². The summed E-state index contributed by atoms with van der Waals surface area (Å²) in [4.78, 5) is 47.3. The van der Waals surface area contributed by atoms with Crippen molar-refractivity contribution < 1.29 is 28.3 Å². The highest BCUT2D eigenvalue weighted by Crippen LogP contribution is 2.06. The summed E-state index contributed by atoms with van der Waals surface area (Å²) in [5.41, 5.74) is 0.670. The van der Waals surface area contributed by atoms with Gasteiger partial charge in [0.1, 0.15) is 12.4 Å². The molecule has 8 heteroatoms. The normalized spacial score (nSPS) is 11.2. The second-order valence-corrected chi connectivity index (χ2v) is 6.24. The van der Waals surface area contributed by atoms with Crippen LogP contribution in [0.15, 0.2) is 54.6 Å². The number of ether oxygens (including phenoxy) is 1. The number of carbonyl (C=O) groups excluding carboxylic acids is 4. The van der Waals surface area contributed by atoms with Gasteiger partial charge in [0.05, 0.1) is 11.6 Å². The summed E-state index contributed by atoms with van der Waals surface area (Å²) in [7, 11) is 0. The lowest BCUT2D eigenvalue weighted by atomic mass is 10.0. The topological polar surface area (TPSA) is 102 Å². The number of benzene rings is 2. The number of nitrogens with one attached hydrogen (secondary N) is 2. The average molecular weight is 400 g/mol. The van der Waals surface area contributed by atoms with Gasteiger partial charge >= 0.3 is 5.97 Å². The first kappa shape index (κ1) is 21.7. The van der Waals surface area contributed by atoms with Crippen molar-refractivity contribution in [2.45, 2.75) is 19.4 Å². The number of hydrogen-bond acceptors (Lipinski definition) is 5. The number of carbonyl (C=O) groups is 4. The summed E-state index contributed by atoms with van der Waals surface area (Å²) in [6, 6.07) is 13.7. The highest BCUT2D eigenvalue weighted by molar-refractivity contribution is 5.96. The van der Waals surface area contributed by atoms with E-state index in [0.717, 1.165) is 11.6 Å². The molecule has 0 radical (unpaired) electrons. The largest absolute Gasteiger partial charge is 0.454 e. The molecular weight excluding hydrogens is 379 g/mol. The first-order valence-corrected chi connectivity index (χ1v) is 8.89. The van der Waals surface area contributed by atoms with Crippen LogP contribution in [0.5, 0.6) is 0 Å². The van der Waals surface area contributed by atoms with Crippen molar-refractivity contribution in [3.05, 3.63) is 71.5 Å². The Bertz CT molecular complexity index is 886. The summed E-state index contributed by atoms with van der Waals surface area (Å²) < 4.78 is 18.3. The summed E-state index contributed by atoms with van der Waals surface area (Å²) in [6.45, 7) is 0.228. The van der Waals surface area contributed by atoms with E-state index in [1.165, 1.54) is 25.1 Å². The lowest BCUT2D eigenvalue weighted by Gasteiger charge is -2.16. The average Bonchev–Trinajstić information content (AvgIpc) is 2.71. The Morgan fingerprint density at radius 3 is 2.31 bits per heavy atom. The highest BCUT2D eigenvalue weighted by atomic mass is 19.1. The van der Waals surface area contributed by atoms with Gasteiger partial charge < -0.3 is 15.4 Å². The quantitative estimate of drug-likeness (QED) is 0.620. The van der Waals surface area contributed by atoms with Crippen molar-refractivity contribution in [2.24, 2.45) is 0 Å². The maximum absolute atomic E-state index is 13.5. The molecule has 2 rings (SSSR count). The van der Waals surface area contributed by atoms with Gasteiger partial charge in [-0.3, -0.25) is 19.2 Å². The highest BCUT2D eigenvalue weighted by Gasteiger charge is 2.19. The second-order valence-electron chi connectivity index (χ2n) is 6.24. The van der Waals surface area contributed by atoms with Crippen molar-refractivity contribution in [3.8, 4) is 0 Å². The van der Waals surface area contributed by atoms with Gasteiger partial charge in [-0.15, -0.1) is 0 Å². The third-order valence-corrected chi connectivity index (χ3v) is 3.98. The SMILES string of the molecule is CC(=O)C(Cc1ccccc1)NC(=O)COC(=O)CNC(=O)c1ccccc1F. The summed E-state index contributed by atoms with van der Waals surface area (Å²) >= 11 is 0. The molecule has 7 nitrogen and oxygen atoms in total. The fourth-order valence-corrected chi connectivity index (χ4v) is 2.47. The molecule has 0 aliphatic heterocycles. The van der Waals surface area contributed by atoms with Crippen molar-refractivity contribution >= 4 is 23.6 Å². The molecule has 0 bridgehead atoms. The number of amides is 2. The minimum atomic E-state index is -0.868. The Labute approximate surface area is 167 Å². The molecule has 2 aromatic rings. The van der Waals surface area contributed by atoms with E-state index >= 15 is 0 Å². The van der Waals surface area contributed by atoms with Crippen LogP contribution in [-0.2, 0) is 25.5 Å². The van der Waals surface area contributed by atoms with E-state index in [0.29, 0.717) is 6.42 Å². The number of esters is 1. The van der Waals surface area contributed by atoms with Gasteiger partial charge in [-0.2, -0.15) is 0 Å². The van der Waals surface area contributed by atoms with Gasteiger partial charge in [0.25, 0.3) is 11.8 Å². The second kappa shape index (κ2) is 10.7. The Morgan fingerprint density at radius 2 is 1.66 bits per heavy atom. The van der Waals surface area contributed by atoms with Gasteiger partial charge in [0, 0.05) is 0 Å². The Kier molecular flexibility index (Phi) is 8.02. The van der Waals surface area contributed by atoms with E-state index in [1.807, 2.05) is 30.3 Å². The van der Waals surface area contributed by atoms with E-state index in [-0.39, 0.29) is 11.3 Å². The molecule has 2 N–H and O–H groups in total. The molecule has 152 valence electrons. The van der Waals surface area contributed by atoms with E-state index < -0.39 is 42.8 Å². The fraction of sp³-hybridized carbons (Fsp3) is 0.238. The van der Waals surface area contributed by atoms with Gasteiger partial charge in [-0.1, -0.05) is 42.5 Å². The first-order chi connectivity index (χ1) is 13.9. The number of ketones is 1. The van der Waals surface area contributed by atoms with E-state index in [1.54, 1.807) is 0 Å². The van der Waals surface area contributed by atoms with Gasteiger partial charge in [-0.25, -0.2) is 4.39 Å². The predicted octanol–water partition coefficient (Wildman–Crippen LogP) is 1.42. The lowest BCUT2D eigenvalue weighted by molar-refractivity contribution is -0.147. The molecule has 29 heavy (non-hydrogen) atoms. The predicted molar refractivity (Wildman–Crippen MR) is 102 cm³/mol. The Hall–Kier alpha value is -3.55. The monoisotopic (exact) mass is 400 g/mol. The minimum Gasteiger partial charge on any atom is -0.454 e. The standard InChI is InChI=1S/C21H21FN2O5/c1-14(25)18(11-15-7-3-2-4-8-15)24-19(26)13-29-20(27)12-23-21(28)16-9-5-6-10-17(16)22/h2-10,18H,11-13H2,1H3,(H,23,28)(H,24,26). The Balaban J connectivity index is 1.77. The molecule has 2 aromatic carbocycles. The first-order valence-electron chi connectivity index (χ1n) is 8.89. The summed E-state index contributed by atoms with van der Waals surface area (Å²) in [5, 5.41) is 4.73. The van der Waals surface area contributed by atoms with Crippen molar-refractivity contribution in [1.82, 2.24) is 10.6 Å². The smallest absolute Gasteiger partial charge is 0.325 e. The summed E-state index contributed by atoms with van der Waals surface area (Å²) in [6.07, 6.45) is 0.314. The Morgan fingerprint density at radius 1 is 1.00 bits per heavy atom. The van der Waals surface area contributed by atoms with Crippen LogP contribution >= 0.6 is 0 Å². The van der Waals surface area contributed by atoms with Crippen LogP contribution in [0.3, 0.4) is 0 Å². The van der Waals surface area contributed by atoms with Gasteiger partial charge in [0.2, 0.25) is 0 Å². The maximum atomic E-state index is 13.5. The lowest BCUT2D eigenvalue weighted by Crippen LogP contribution is -2.43. The molecule has 0 fully saturated rings. The van der Waals surface area contributed by atoms with Crippen molar-refractivity contribution in [2.75, 3.05) is 13.2 Å². The van der Waals surface area contributed by atoms with Crippen LogP contribution in [0.2, 0.25) is 0 Å². The maximum Gasteiger partial charge on any atom is 0.325 e. The zero-order chi connectivity index (χ0) is 21.2. The van der Waals surface area contributed by atoms with Crippen LogP contribution < -0.4 is 10.6 Å². The summed E-state index contributed by atoms with van der Waals surface area (Å²) in [5.74, 6) is -3.23. The fourth-order valence-electron chi connectivity index (χ4n) is 2.47. The molecule has 0 aromatic heterocycles. The van der Waals surface area contributed by atoms with E-state index in [2.05, 4.69) is 10.6 Å². The number of Topliss-reactive ketones (excluding diaryl/α,β-unsaturated/α-hetero) is 1. The van der Waals surface area contributed by atoms with Crippen LogP contribution in [0.4, 0.5) is 4.39 Å². The molecular formula is C21H21FN2O5. The zero-order valence-electron chi connectivity index (χ0n) is 15.8. The molecule has 2 amide bonds. The van der Waals surface area contributed by atoms with Gasteiger partial charge in [0.15, 0.2) is 12.4 Å². The molecule has 0 saturated heterocycles. The van der Waals surface area contributed by atoms with Crippen LogP contribution in [0.25, 0.3) is 0 Å². The van der Waals surface area contributed by atoms with Crippen LogP contribution in [0, 0.1) is 5.82 Å². The molecule has 1 atom stereocenters. The zero-order valence-corrected chi connectivity index (χ0v) is 15.8. The van der Waals surface area contributed by atoms with E-state index in [4.69, 9.17) is 4.74 Å². The molecule has 0 aliphatic carbocycles. The van der Waals surface area contributed by atoms with E-state index in [9.17, 15) is 23.6 Å². The van der Waals surface area contributed by atoms with Gasteiger partial charge in [-0.05, 0) is 31.0 Å². The van der Waals surface area contributed by atoms with Crippen LogP contribution in [-0.4, -0.2) is 42.8 Å². The van der Waals surface area contributed by atoms with Crippen molar-refractivity contribution in [1.29, 1.82) is 0 Å². The molecule has 0 aliphatic rings. The number of halogens is 1. The third-order valence-electron chi connectivity index (χ3n) is 3.98. The molecule has 0 heterocycles.